The van der Waals surface area contributed by atoms with E-state index in [4.69, 9.17) is 10.5 Å². The molecule has 7 heteroatoms. The van der Waals surface area contributed by atoms with Crippen LogP contribution in [0.1, 0.15) is 50.8 Å². The summed E-state index contributed by atoms with van der Waals surface area (Å²) in [6, 6.07) is 12.2. The summed E-state index contributed by atoms with van der Waals surface area (Å²) in [7, 11) is 0. The van der Waals surface area contributed by atoms with Crippen molar-refractivity contribution in [3.8, 4) is 11.1 Å². The van der Waals surface area contributed by atoms with Crippen LogP contribution in [0.25, 0.3) is 11.1 Å². The number of carbonyl (C=O) groups is 3. The van der Waals surface area contributed by atoms with Gasteiger partial charge >= 0.3 is 12.1 Å². The van der Waals surface area contributed by atoms with Gasteiger partial charge in [-0.3, -0.25) is 4.79 Å². The second-order valence-electron chi connectivity index (χ2n) is 8.72. The maximum atomic E-state index is 12.7. The lowest BCUT2D eigenvalue weighted by atomic mass is 9.94. The number of amides is 2. The van der Waals surface area contributed by atoms with E-state index < -0.39 is 29.6 Å². The highest BCUT2D eigenvalue weighted by Gasteiger charge is 2.37. The van der Waals surface area contributed by atoms with Gasteiger partial charge in [-0.2, -0.15) is 0 Å². The van der Waals surface area contributed by atoms with Crippen molar-refractivity contribution in [1.29, 1.82) is 0 Å². The van der Waals surface area contributed by atoms with E-state index in [0.717, 1.165) is 22.3 Å². The SMILES string of the molecule is CCC(=O)N(C(=O)OC(C)(C)C)C(Cc1ccc(-c2cccc(C)c2)c(CN)c1)C(=O)O. The average Bonchev–Trinajstić information content (AvgIpc) is 2.71. The number of carboxylic acids is 1. The summed E-state index contributed by atoms with van der Waals surface area (Å²) in [5.41, 5.74) is 9.71. The van der Waals surface area contributed by atoms with Crippen molar-refractivity contribution in [2.75, 3.05) is 0 Å². The molecule has 0 bridgehead atoms. The van der Waals surface area contributed by atoms with Gasteiger partial charge in [0.2, 0.25) is 5.91 Å². The number of carbonyl (C=O) groups excluding carboxylic acids is 2. The van der Waals surface area contributed by atoms with Crippen LogP contribution in [-0.2, 0) is 27.3 Å². The Hall–Kier alpha value is -3.19. The van der Waals surface area contributed by atoms with Crippen LogP contribution in [0.5, 0.6) is 0 Å². The van der Waals surface area contributed by atoms with Crippen LogP contribution < -0.4 is 5.73 Å². The number of aryl methyl sites for hydroxylation is 1. The van der Waals surface area contributed by atoms with Gasteiger partial charge in [0.1, 0.15) is 11.6 Å². The molecule has 0 spiro atoms. The number of carboxylic acid groups (broad SMARTS) is 1. The van der Waals surface area contributed by atoms with E-state index in [1.807, 2.05) is 37.3 Å². The van der Waals surface area contributed by atoms with Gasteiger partial charge in [0, 0.05) is 19.4 Å². The van der Waals surface area contributed by atoms with E-state index in [-0.39, 0.29) is 19.4 Å². The van der Waals surface area contributed by atoms with Crippen LogP contribution in [-0.4, -0.2) is 39.6 Å². The first-order valence-electron chi connectivity index (χ1n) is 10.6. The smallest absolute Gasteiger partial charge is 0.417 e. The Kier molecular flexibility index (Phi) is 8.16. The number of imide groups is 1. The van der Waals surface area contributed by atoms with Crippen LogP contribution in [0.4, 0.5) is 4.79 Å². The Bertz CT molecular complexity index is 994. The number of hydrogen-bond acceptors (Lipinski definition) is 5. The monoisotopic (exact) mass is 440 g/mol. The highest BCUT2D eigenvalue weighted by atomic mass is 16.6. The van der Waals surface area contributed by atoms with Gasteiger partial charge in [0.15, 0.2) is 0 Å². The molecule has 0 aromatic heterocycles. The fourth-order valence-corrected chi connectivity index (χ4v) is 3.43. The minimum atomic E-state index is -1.40. The standard InChI is InChI=1S/C25H32N2O5/c1-6-22(28)27(24(31)32-25(3,4)5)21(23(29)30)14-17-10-11-20(19(13-17)15-26)18-9-7-8-16(2)12-18/h7-13,21H,6,14-15,26H2,1-5H3,(H,29,30). The second kappa shape index (κ2) is 10.4. The van der Waals surface area contributed by atoms with Gasteiger partial charge in [0.05, 0.1) is 0 Å². The molecule has 172 valence electrons. The molecule has 2 rings (SSSR count). The van der Waals surface area contributed by atoms with E-state index in [1.165, 1.54) is 0 Å². The van der Waals surface area contributed by atoms with Crippen LogP contribution >= 0.6 is 0 Å². The number of benzene rings is 2. The van der Waals surface area contributed by atoms with E-state index in [1.54, 1.807) is 33.8 Å². The number of ether oxygens (including phenoxy) is 1. The summed E-state index contributed by atoms with van der Waals surface area (Å²) < 4.78 is 5.31. The van der Waals surface area contributed by atoms with Crippen LogP contribution in [0, 0.1) is 6.92 Å². The van der Waals surface area contributed by atoms with Crippen LogP contribution in [0.15, 0.2) is 42.5 Å². The number of rotatable bonds is 7. The number of nitrogens with zero attached hydrogens (tertiary/aromatic N) is 1. The van der Waals surface area contributed by atoms with Gasteiger partial charge in [0.25, 0.3) is 0 Å². The van der Waals surface area contributed by atoms with Gasteiger partial charge in [-0.05, 0) is 49.9 Å². The lowest BCUT2D eigenvalue weighted by Gasteiger charge is -2.30. The van der Waals surface area contributed by atoms with E-state index in [0.29, 0.717) is 10.5 Å². The topological polar surface area (TPSA) is 110 Å². The lowest BCUT2D eigenvalue weighted by molar-refractivity contribution is -0.149. The van der Waals surface area contributed by atoms with Gasteiger partial charge in [-0.25, -0.2) is 14.5 Å². The Morgan fingerprint density at radius 2 is 1.81 bits per heavy atom. The normalized spacial score (nSPS) is 12.2. The zero-order chi connectivity index (χ0) is 24.1. The molecule has 0 radical (unpaired) electrons. The first kappa shape index (κ1) is 25.1. The minimum Gasteiger partial charge on any atom is -0.480 e. The molecular formula is C25H32N2O5. The van der Waals surface area contributed by atoms with Gasteiger partial charge in [-0.1, -0.05) is 55.0 Å². The third-order valence-electron chi connectivity index (χ3n) is 4.91. The van der Waals surface area contributed by atoms with E-state index in [9.17, 15) is 19.5 Å². The fraction of sp³-hybridized carbons (Fsp3) is 0.400. The van der Waals surface area contributed by atoms with Crippen molar-refractivity contribution < 1.29 is 24.2 Å². The summed E-state index contributed by atoms with van der Waals surface area (Å²) in [5.74, 6) is -1.89. The first-order chi connectivity index (χ1) is 15.0. The average molecular weight is 441 g/mol. The third-order valence-corrected chi connectivity index (χ3v) is 4.91. The molecule has 1 unspecified atom stereocenters. The summed E-state index contributed by atoms with van der Waals surface area (Å²) in [5, 5.41) is 9.86. The number of nitrogens with two attached hydrogens (primary N) is 1. The molecule has 0 heterocycles. The zero-order valence-electron chi connectivity index (χ0n) is 19.3. The summed E-state index contributed by atoms with van der Waals surface area (Å²) in [6.07, 6.45) is -1.04. The largest absolute Gasteiger partial charge is 0.480 e. The molecule has 2 aromatic rings. The van der Waals surface area contributed by atoms with E-state index in [2.05, 4.69) is 6.07 Å². The van der Waals surface area contributed by atoms with Gasteiger partial charge in [-0.15, -0.1) is 0 Å². The lowest BCUT2D eigenvalue weighted by Crippen LogP contribution is -2.51. The second-order valence-corrected chi connectivity index (χ2v) is 8.72. The fourth-order valence-electron chi connectivity index (χ4n) is 3.43. The van der Waals surface area contributed by atoms with Crippen molar-refractivity contribution >= 4 is 18.0 Å². The molecular weight excluding hydrogens is 408 g/mol. The quantitative estimate of drug-likeness (QED) is 0.665. The van der Waals surface area contributed by atoms with E-state index >= 15 is 0 Å². The predicted molar refractivity (Wildman–Crippen MR) is 123 cm³/mol. The van der Waals surface area contributed by atoms with Crippen molar-refractivity contribution in [2.45, 2.75) is 65.6 Å². The summed E-state index contributed by atoms with van der Waals surface area (Å²) in [6.45, 7) is 8.82. The van der Waals surface area contributed by atoms with Gasteiger partial charge < -0.3 is 15.6 Å². The molecule has 32 heavy (non-hydrogen) atoms. The molecule has 1 atom stereocenters. The molecule has 2 aromatic carbocycles. The highest BCUT2D eigenvalue weighted by molar-refractivity contribution is 5.96. The van der Waals surface area contributed by atoms with Crippen LogP contribution in [0.3, 0.4) is 0 Å². The molecule has 0 fully saturated rings. The molecule has 7 nitrogen and oxygen atoms in total. The summed E-state index contributed by atoms with van der Waals surface area (Å²) >= 11 is 0. The van der Waals surface area contributed by atoms with Crippen LogP contribution in [0.2, 0.25) is 0 Å². The Balaban J connectivity index is 2.41. The molecule has 2 amide bonds. The zero-order valence-corrected chi connectivity index (χ0v) is 19.3. The molecule has 0 aliphatic heterocycles. The van der Waals surface area contributed by atoms with Crippen molar-refractivity contribution in [1.82, 2.24) is 4.90 Å². The molecule has 0 aliphatic carbocycles. The highest BCUT2D eigenvalue weighted by Crippen LogP contribution is 2.27. The maximum absolute atomic E-state index is 12.7. The third kappa shape index (κ3) is 6.40. The Morgan fingerprint density at radius 3 is 2.34 bits per heavy atom. The Morgan fingerprint density at radius 1 is 1.12 bits per heavy atom. The number of hydrogen-bond donors (Lipinski definition) is 2. The van der Waals surface area contributed by atoms with Crippen molar-refractivity contribution in [2.24, 2.45) is 5.73 Å². The maximum Gasteiger partial charge on any atom is 0.417 e. The van der Waals surface area contributed by atoms with Crippen molar-refractivity contribution in [3.63, 3.8) is 0 Å². The molecule has 3 N–H and O–H groups in total. The first-order valence-corrected chi connectivity index (χ1v) is 10.6. The predicted octanol–water partition coefficient (Wildman–Crippen LogP) is 4.29. The Labute approximate surface area is 189 Å². The van der Waals surface area contributed by atoms with Crippen molar-refractivity contribution in [3.05, 3.63) is 59.2 Å². The minimum absolute atomic E-state index is 0.0244. The summed E-state index contributed by atoms with van der Waals surface area (Å²) in [4.78, 5) is 38.0. The molecule has 0 aliphatic rings. The molecule has 0 saturated heterocycles. The molecule has 0 saturated carbocycles. The number of aliphatic carboxylic acids is 1.